The number of hydrogen-bond acceptors (Lipinski definition) is 2. The van der Waals surface area contributed by atoms with Crippen molar-refractivity contribution in [2.75, 3.05) is 13.1 Å². The molecular weight excluding hydrogens is 329 g/mol. The minimum atomic E-state index is -0.231. The summed E-state index contributed by atoms with van der Waals surface area (Å²) in [5.74, 6) is 1.52. The lowest BCUT2D eigenvalue weighted by molar-refractivity contribution is 0.627. The van der Waals surface area contributed by atoms with Crippen molar-refractivity contribution in [2.45, 2.75) is 26.9 Å². The first-order chi connectivity index (χ1) is 12.7. The molecule has 0 saturated heterocycles. The SMILES string of the molecule is CCNC(=NCc1ccc(F)cc1)NCCn1c(C)nc2ccccc21. The summed E-state index contributed by atoms with van der Waals surface area (Å²) < 4.78 is 15.2. The van der Waals surface area contributed by atoms with Crippen molar-refractivity contribution >= 4 is 17.0 Å². The average Bonchev–Trinajstić information content (AvgIpc) is 2.96. The van der Waals surface area contributed by atoms with Crippen LogP contribution in [-0.2, 0) is 13.1 Å². The van der Waals surface area contributed by atoms with Gasteiger partial charge in [-0.05, 0) is 43.7 Å². The fourth-order valence-electron chi connectivity index (χ4n) is 2.87. The Hall–Kier alpha value is -2.89. The lowest BCUT2D eigenvalue weighted by Gasteiger charge is -2.13. The topological polar surface area (TPSA) is 54.2 Å². The molecule has 0 spiro atoms. The molecule has 2 aromatic carbocycles. The van der Waals surface area contributed by atoms with E-state index in [2.05, 4.69) is 31.2 Å². The molecule has 3 aromatic rings. The van der Waals surface area contributed by atoms with E-state index in [1.807, 2.05) is 32.0 Å². The van der Waals surface area contributed by atoms with Crippen LogP contribution in [0.25, 0.3) is 11.0 Å². The molecule has 6 heteroatoms. The Bertz CT molecular complexity index is 883. The molecule has 3 rings (SSSR count). The second kappa shape index (κ2) is 8.47. The summed E-state index contributed by atoms with van der Waals surface area (Å²) in [6, 6.07) is 14.6. The number of imidazole rings is 1. The van der Waals surface area contributed by atoms with Crippen molar-refractivity contribution in [3.05, 3.63) is 65.7 Å². The maximum absolute atomic E-state index is 13.0. The minimum Gasteiger partial charge on any atom is -0.357 e. The number of aliphatic imine (C=N–C) groups is 1. The van der Waals surface area contributed by atoms with E-state index in [4.69, 9.17) is 0 Å². The van der Waals surface area contributed by atoms with Gasteiger partial charge >= 0.3 is 0 Å². The second-order valence-corrected chi connectivity index (χ2v) is 6.05. The van der Waals surface area contributed by atoms with Gasteiger partial charge in [0.2, 0.25) is 0 Å². The minimum absolute atomic E-state index is 0.231. The quantitative estimate of drug-likeness (QED) is 0.528. The van der Waals surface area contributed by atoms with E-state index in [-0.39, 0.29) is 5.82 Å². The average molecular weight is 353 g/mol. The zero-order valence-corrected chi connectivity index (χ0v) is 15.2. The predicted octanol–water partition coefficient (Wildman–Crippen LogP) is 3.24. The number of nitrogens with one attached hydrogen (secondary N) is 2. The first-order valence-corrected chi connectivity index (χ1v) is 8.86. The molecule has 0 aliphatic carbocycles. The lowest BCUT2D eigenvalue weighted by atomic mass is 10.2. The van der Waals surface area contributed by atoms with Crippen LogP contribution in [0.3, 0.4) is 0 Å². The first-order valence-electron chi connectivity index (χ1n) is 8.86. The number of aryl methyl sites for hydroxylation is 1. The van der Waals surface area contributed by atoms with Crippen LogP contribution in [0.1, 0.15) is 18.3 Å². The fraction of sp³-hybridized carbons (Fsp3) is 0.300. The number of rotatable bonds is 6. The third-order valence-electron chi connectivity index (χ3n) is 4.15. The van der Waals surface area contributed by atoms with Crippen molar-refractivity contribution in [1.29, 1.82) is 0 Å². The molecule has 0 saturated carbocycles. The van der Waals surface area contributed by atoms with Crippen molar-refractivity contribution in [3.8, 4) is 0 Å². The monoisotopic (exact) mass is 353 g/mol. The van der Waals surface area contributed by atoms with Crippen LogP contribution in [0.5, 0.6) is 0 Å². The van der Waals surface area contributed by atoms with Gasteiger partial charge in [-0.25, -0.2) is 14.4 Å². The van der Waals surface area contributed by atoms with Crippen LogP contribution in [0.15, 0.2) is 53.5 Å². The van der Waals surface area contributed by atoms with E-state index >= 15 is 0 Å². The molecular formula is C20H24FN5. The van der Waals surface area contributed by atoms with Gasteiger partial charge in [0, 0.05) is 19.6 Å². The van der Waals surface area contributed by atoms with Crippen molar-refractivity contribution in [2.24, 2.45) is 4.99 Å². The number of para-hydroxylation sites is 2. The van der Waals surface area contributed by atoms with E-state index < -0.39 is 0 Å². The molecule has 136 valence electrons. The van der Waals surface area contributed by atoms with Gasteiger partial charge in [0.1, 0.15) is 11.6 Å². The van der Waals surface area contributed by atoms with Crippen LogP contribution >= 0.6 is 0 Å². The molecule has 0 unspecified atom stereocenters. The summed E-state index contributed by atoms with van der Waals surface area (Å²) in [4.78, 5) is 9.15. The first kappa shape index (κ1) is 17.9. The van der Waals surface area contributed by atoms with Gasteiger partial charge in [0.05, 0.1) is 17.6 Å². The maximum atomic E-state index is 13.0. The summed E-state index contributed by atoms with van der Waals surface area (Å²) in [7, 11) is 0. The smallest absolute Gasteiger partial charge is 0.191 e. The van der Waals surface area contributed by atoms with Gasteiger partial charge in [-0.3, -0.25) is 0 Å². The highest BCUT2D eigenvalue weighted by Gasteiger charge is 2.06. The standard InChI is InChI=1S/C20H24FN5/c1-3-22-20(24-14-16-8-10-17(21)11-9-16)23-12-13-26-15(2)25-18-6-4-5-7-19(18)26/h4-11H,3,12-14H2,1-2H3,(H2,22,23,24). The van der Waals surface area contributed by atoms with Crippen molar-refractivity contribution in [3.63, 3.8) is 0 Å². The summed E-state index contributed by atoms with van der Waals surface area (Å²) in [6.07, 6.45) is 0. The summed E-state index contributed by atoms with van der Waals surface area (Å²) >= 11 is 0. The van der Waals surface area contributed by atoms with E-state index in [1.54, 1.807) is 12.1 Å². The van der Waals surface area contributed by atoms with E-state index in [1.165, 1.54) is 12.1 Å². The van der Waals surface area contributed by atoms with Crippen molar-refractivity contribution in [1.82, 2.24) is 20.2 Å². The molecule has 0 amide bonds. The highest BCUT2D eigenvalue weighted by Crippen LogP contribution is 2.14. The molecule has 0 atom stereocenters. The van der Waals surface area contributed by atoms with E-state index in [9.17, 15) is 4.39 Å². The Balaban J connectivity index is 1.62. The number of nitrogens with zero attached hydrogens (tertiary/aromatic N) is 3. The van der Waals surface area contributed by atoms with Crippen LogP contribution in [-0.4, -0.2) is 28.6 Å². The van der Waals surface area contributed by atoms with Crippen LogP contribution in [0, 0.1) is 12.7 Å². The Kier molecular flexibility index (Phi) is 5.84. The normalized spacial score (nSPS) is 11.7. The molecule has 5 nitrogen and oxygen atoms in total. The van der Waals surface area contributed by atoms with Gasteiger partial charge in [0.15, 0.2) is 5.96 Å². The van der Waals surface area contributed by atoms with Crippen LogP contribution in [0.2, 0.25) is 0 Å². The number of benzene rings is 2. The summed E-state index contributed by atoms with van der Waals surface area (Å²) in [5, 5.41) is 6.58. The molecule has 0 bridgehead atoms. The van der Waals surface area contributed by atoms with Gasteiger partial charge in [-0.1, -0.05) is 24.3 Å². The summed E-state index contributed by atoms with van der Waals surface area (Å²) in [5.41, 5.74) is 3.13. The molecule has 1 aromatic heterocycles. The fourth-order valence-corrected chi connectivity index (χ4v) is 2.87. The van der Waals surface area contributed by atoms with Crippen LogP contribution < -0.4 is 10.6 Å². The Labute approximate surface area is 153 Å². The van der Waals surface area contributed by atoms with Crippen molar-refractivity contribution < 1.29 is 4.39 Å². The molecule has 0 aliphatic heterocycles. The van der Waals surface area contributed by atoms with Gasteiger partial charge < -0.3 is 15.2 Å². The Morgan fingerprint density at radius 1 is 1.12 bits per heavy atom. The van der Waals surface area contributed by atoms with E-state index in [0.717, 1.165) is 48.0 Å². The highest BCUT2D eigenvalue weighted by atomic mass is 19.1. The Morgan fingerprint density at radius 2 is 1.88 bits per heavy atom. The van der Waals surface area contributed by atoms with E-state index in [0.29, 0.717) is 6.54 Å². The Morgan fingerprint density at radius 3 is 2.65 bits per heavy atom. The number of halogens is 1. The molecule has 0 aliphatic rings. The molecule has 26 heavy (non-hydrogen) atoms. The number of hydrogen-bond donors (Lipinski definition) is 2. The van der Waals surface area contributed by atoms with Gasteiger partial charge in [-0.2, -0.15) is 0 Å². The lowest BCUT2D eigenvalue weighted by Crippen LogP contribution is -2.38. The van der Waals surface area contributed by atoms with Gasteiger partial charge in [0.25, 0.3) is 0 Å². The maximum Gasteiger partial charge on any atom is 0.191 e. The number of aromatic nitrogens is 2. The predicted molar refractivity (Wildman–Crippen MR) is 104 cm³/mol. The largest absolute Gasteiger partial charge is 0.357 e. The number of fused-ring (bicyclic) bond motifs is 1. The zero-order valence-electron chi connectivity index (χ0n) is 15.2. The third-order valence-corrected chi connectivity index (χ3v) is 4.15. The molecule has 0 radical (unpaired) electrons. The molecule has 2 N–H and O–H groups in total. The van der Waals surface area contributed by atoms with Gasteiger partial charge in [-0.15, -0.1) is 0 Å². The second-order valence-electron chi connectivity index (χ2n) is 6.05. The summed E-state index contributed by atoms with van der Waals surface area (Å²) in [6.45, 7) is 6.87. The highest BCUT2D eigenvalue weighted by molar-refractivity contribution is 5.79. The third kappa shape index (κ3) is 4.39. The van der Waals surface area contributed by atoms with Crippen LogP contribution in [0.4, 0.5) is 4.39 Å². The number of guanidine groups is 1. The zero-order chi connectivity index (χ0) is 18.4. The molecule has 0 fully saturated rings. The molecule has 1 heterocycles.